The van der Waals surface area contributed by atoms with Crippen LogP contribution in [0.3, 0.4) is 0 Å². The Hall–Kier alpha value is -2.25. The van der Waals surface area contributed by atoms with Crippen LogP contribution in [0, 0.1) is 0 Å². The lowest BCUT2D eigenvalue weighted by Crippen LogP contribution is -1.96. The molecule has 0 N–H and O–H groups in total. The van der Waals surface area contributed by atoms with Crippen molar-refractivity contribution in [1.82, 2.24) is 0 Å². The van der Waals surface area contributed by atoms with Crippen molar-refractivity contribution in [1.29, 1.82) is 0 Å². The monoisotopic (exact) mass is 342 g/mol. The summed E-state index contributed by atoms with van der Waals surface area (Å²) in [4.78, 5) is 0. The van der Waals surface area contributed by atoms with Crippen LogP contribution in [0.4, 0.5) is 0 Å². The molecule has 2 unspecified atom stereocenters. The molecule has 0 radical (unpaired) electrons. The highest BCUT2D eigenvalue weighted by molar-refractivity contribution is 7.99. The summed E-state index contributed by atoms with van der Waals surface area (Å²) in [6, 6.07) is 30.7. The quantitative estimate of drug-likeness (QED) is 0.369. The van der Waals surface area contributed by atoms with Gasteiger partial charge in [0.1, 0.15) is 0 Å². The maximum Gasteiger partial charge on any atom is 0.0281 e. The molecule has 4 aromatic rings. The molecule has 124 valence electrons. The van der Waals surface area contributed by atoms with E-state index >= 15 is 0 Å². The number of thioether (sulfide) groups is 1. The van der Waals surface area contributed by atoms with E-state index in [0.717, 1.165) is 0 Å². The van der Waals surface area contributed by atoms with Crippen molar-refractivity contribution in [3.63, 3.8) is 0 Å². The van der Waals surface area contributed by atoms with E-state index in [1.807, 2.05) is 11.8 Å². The molecule has 0 bridgehead atoms. The van der Waals surface area contributed by atoms with Crippen molar-refractivity contribution in [2.45, 2.75) is 24.3 Å². The first-order valence-corrected chi connectivity index (χ1v) is 9.79. The molecule has 4 rings (SSSR count). The second kappa shape index (κ2) is 6.93. The first-order chi connectivity index (χ1) is 12.2. The van der Waals surface area contributed by atoms with Crippen LogP contribution in [0.2, 0.25) is 0 Å². The Kier molecular flexibility index (Phi) is 4.50. The molecule has 0 aromatic heterocycles. The van der Waals surface area contributed by atoms with Gasteiger partial charge in [0, 0.05) is 10.5 Å². The Labute approximate surface area is 153 Å². The molecule has 0 aliphatic heterocycles. The molecule has 0 aliphatic rings. The van der Waals surface area contributed by atoms with Crippen molar-refractivity contribution in [2.24, 2.45) is 0 Å². The van der Waals surface area contributed by atoms with E-state index in [9.17, 15) is 0 Å². The minimum Gasteiger partial charge on any atom is -0.146 e. The SMILES string of the molecule is CC(SC(C)c1cccc2ccccc12)c1cccc2ccccc12. The third-order valence-corrected chi connectivity index (χ3v) is 6.26. The molecule has 2 atom stereocenters. The van der Waals surface area contributed by atoms with E-state index in [0.29, 0.717) is 10.5 Å². The van der Waals surface area contributed by atoms with Gasteiger partial charge < -0.3 is 0 Å². The summed E-state index contributed by atoms with van der Waals surface area (Å²) >= 11 is 2.04. The van der Waals surface area contributed by atoms with Crippen LogP contribution in [0.25, 0.3) is 21.5 Å². The molecule has 4 aromatic carbocycles. The van der Waals surface area contributed by atoms with Crippen molar-refractivity contribution in [3.05, 3.63) is 96.1 Å². The third-order valence-electron chi connectivity index (χ3n) is 4.93. The zero-order chi connectivity index (χ0) is 17.2. The minimum absolute atomic E-state index is 0.445. The fourth-order valence-electron chi connectivity index (χ4n) is 3.66. The van der Waals surface area contributed by atoms with Gasteiger partial charge in [0.2, 0.25) is 0 Å². The summed E-state index contributed by atoms with van der Waals surface area (Å²) in [5.41, 5.74) is 2.85. The van der Waals surface area contributed by atoms with Gasteiger partial charge in [-0.15, -0.1) is 11.8 Å². The zero-order valence-corrected chi connectivity index (χ0v) is 15.5. The van der Waals surface area contributed by atoms with Gasteiger partial charge in [-0.3, -0.25) is 0 Å². The number of fused-ring (bicyclic) bond motifs is 2. The predicted molar refractivity (Wildman–Crippen MR) is 112 cm³/mol. The predicted octanol–water partition coefficient (Wildman–Crippen LogP) is 7.55. The Morgan fingerprint density at radius 2 is 0.920 bits per heavy atom. The molecule has 0 heterocycles. The van der Waals surface area contributed by atoms with E-state index in [1.54, 1.807) is 0 Å². The molecule has 0 saturated carbocycles. The van der Waals surface area contributed by atoms with Crippen molar-refractivity contribution < 1.29 is 0 Å². The molecule has 25 heavy (non-hydrogen) atoms. The topological polar surface area (TPSA) is 0 Å². The maximum atomic E-state index is 2.33. The fraction of sp³-hybridized carbons (Fsp3) is 0.167. The van der Waals surface area contributed by atoms with Crippen LogP contribution < -0.4 is 0 Å². The molecule has 1 heteroatoms. The van der Waals surface area contributed by atoms with Crippen molar-refractivity contribution in [3.8, 4) is 0 Å². The van der Waals surface area contributed by atoms with Crippen LogP contribution in [0.5, 0.6) is 0 Å². The van der Waals surface area contributed by atoms with Gasteiger partial charge in [0.15, 0.2) is 0 Å². The lowest BCUT2D eigenvalue weighted by atomic mass is 10.0. The van der Waals surface area contributed by atoms with Crippen molar-refractivity contribution >= 4 is 33.3 Å². The molecule has 0 fully saturated rings. The van der Waals surface area contributed by atoms with Crippen LogP contribution in [-0.2, 0) is 0 Å². The smallest absolute Gasteiger partial charge is 0.0281 e. The number of benzene rings is 4. The maximum absolute atomic E-state index is 2.33. The van der Waals surface area contributed by atoms with Crippen LogP contribution in [0.15, 0.2) is 84.9 Å². The highest BCUT2D eigenvalue weighted by atomic mass is 32.2. The minimum atomic E-state index is 0.445. The summed E-state index contributed by atoms with van der Waals surface area (Å²) in [6.07, 6.45) is 0. The molecule has 0 aliphatic carbocycles. The average molecular weight is 343 g/mol. The van der Waals surface area contributed by atoms with Gasteiger partial charge in [-0.2, -0.15) is 0 Å². The third kappa shape index (κ3) is 3.17. The highest BCUT2D eigenvalue weighted by Crippen LogP contribution is 2.43. The van der Waals surface area contributed by atoms with Gasteiger partial charge in [0.05, 0.1) is 0 Å². The summed E-state index contributed by atoms with van der Waals surface area (Å²) in [5, 5.41) is 6.28. The van der Waals surface area contributed by atoms with Gasteiger partial charge in [0.25, 0.3) is 0 Å². The number of hydrogen-bond acceptors (Lipinski definition) is 1. The second-order valence-corrected chi connectivity index (χ2v) is 8.24. The Morgan fingerprint density at radius 1 is 0.520 bits per heavy atom. The first-order valence-electron chi connectivity index (χ1n) is 8.85. The lowest BCUT2D eigenvalue weighted by Gasteiger charge is -2.20. The summed E-state index contributed by atoms with van der Waals surface area (Å²) in [6.45, 7) is 4.65. The van der Waals surface area contributed by atoms with E-state index in [-0.39, 0.29) is 0 Å². The standard InChI is InChI=1S/C24H22S/c1-17(21-15-7-11-19-9-3-5-13-23(19)21)25-18(2)22-16-8-12-20-10-4-6-14-24(20)22/h3-18H,1-2H3. The Bertz CT molecular complexity index is 925. The second-order valence-electron chi connectivity index (χ2n) is 6.56. The molecule has 0 spiro atoms. The zero-order valence-electron chi connectivity index (χ0n) is 14.6. The van der Waals surface area contributed by atoms with Gasteiger partial charge in [-0.25, -0.2) is 0 Å². The normalized spacial score (nSPS) is 13.8. The average Bonchev–Trinajstić information content (AvgIpc) is 2.67. The largest absolute Gasteiger partial charge is 0.146 e. The summed E-state index contributed by atoms with van der Waals surface area (Å²) < 4.78 is 0. The number of hydrogen-bond donors (Lipinski definition) is 0. The lowest BCUT2D eigenvalue weighted by molar-refractivity contribution is 1.05. The van der Waals surface area contributed by atoms with Gasteiger partial charge >= 0.3 is 0 Å². The van der Waals surface area contributed by atoms with E-state index in [1.165, 1.54) is 32.7 Å². The van der Waals surface area contributed by atoms with E-state index < -0.39 is 0 Å². The van der Waals surface area contributed by atoms with E-state index in [4.69, 9.17) is 0 Å². The van der Waals surface area contributed by atoms with Crippen LogP contribution >= 0.6 is 11.8 Å². The van der Waals surface area contributed by atoms with E-state index in [2.05, 4.69) is 98.8 Å². The Morgan fingerprint density at radius 3 is 1.40 bits per heavy atom. The number of rotatable bonds is 4. The highest BCUT2D eigenvalue weighted by Gasteiger charge is 2.16. The molecule has 0 amide bonds. The van der Waals surface area contributed by atoms with Crippen LogP contribution in [0.1, 0.15) is 35.5 Å². The molecular formula is C24H22S. The van der Waals surface area contributed by atoms with Gasteiger partial charge in [-0.05, 0) is 46.5 Å². The summed E-state index contributed by atoms with van der Waals surface area (Å²) in [7, 11) is 0. The molecule has 0 nitrogen and oxygen atoms in total. The van der Waals surface area contributed by atoms with Crippen LogP contribution in [-0.4, -0.2) is 0 Å². The first kappa shape index (κ1) is 16.2. The van der Waals surface area contributed by atoms with Gasteiger partial charge in [-0.1, -0.05) is 84.9 Å². The summed E-state index contributed by atoms with van der Waals surface area (Å²) in [5.74, 6) is 0. The Balaban J connectivity index is 1.66. The molecular weight excluding hydrogens is 320 g/mol. The molecule has 0 saturated heterocycles. The van der Waals surface area contributed by atoms with Crippen molar-refractivity contribution in [2.75, 3.05) is 0 Å². The fourth-order valence-corrected chi connectivity index (χ4v) is 4.98.